The van der Waals surface area contributed by atoms with Crippen LogP contribution < -0.4 is 0 Å². The second-order valence-electron chi connectivity index (χ2n) is 4.64. The van der Waals surface area contributed by atoms with E-state index in [0.29, 0.717) is 21.2 Å². The van der Waals surface area contributed by atoms with Crippen molar-refractivity contribution in [2.45, 2.75) is 26.7 Å². The zero-order valence-electron chi connectivity index (χ0n) is 11.5. The van der Waals surface area contributed by atoms with Crippen molar-refractivity contribution in [1.82, 2.24) is 0 Å². The molecule has 1 nitrogen and oxygen atoms in total. The van der Waals surface area contributed by atoms with Crippen molar-refractivity contribution >= 4 is 29.0 Å². The summed E-state index contributed by atoms with van der Waals surface area (Å²) in [6.45, 7) is 4.04. The molecule has 0 fully saturated rings. The molecule has 0 heterocycles. The molecule has 0 N–H and O–H groups in total. The summed E-state index contributed by atoms with van der Waals surface area (Å²) < 4.78 is 0. The first-order valence-corrected chi connectivity index (χ1v) is 7.44. The van der Waals surface area contributed by atoms with Crippen molar-refractivity contribution in [3.05, 3.63) is 68.7 Å². The largest absolute Gasteiger partial charge is 0.289 e. The van der Waals surface area contributed by atoms with Crippen LogP contribution in [-0.4, -0.2) is 5.78 Å². The first-order valence-electron chi connectivity index (χ1n) is 6.68. The fourth-order valence-corrected chi connectivity index (χ4v) is 2.69. The topological polar surface area (TPSA) is 17.1 Å². The van der Waals surface area contributed by atoms with Crippen LogP contribution in [0.15, 0.2) is 36.4 Å². The average Bonchev–Trinajstić information content (AvgIpc) is 2.46. The van der Waals surface area contributed by atoms with Crippen molar-refractivity contribution in [2.75, 3.05) is 0 Å². The third-order valence-corrected chi connectivity index (χ3v) is 3.86. The number of carbonyl (C=O) groups excluding carboxylic acids is 1. The van der Waals surface area contributed by atoms with Gasteiger partial charge >= 0.3 is 0 Å². The Bertz CT molecular complexity index is 592. The van der Waals surface area contributed by atoms with Crippen LogP contribution in [0, 0.1) is 0 Å². The Morgan fingerprint density at radius 3 is 1.60 bits per heavy atom. The molecule has 0 aliphatic heterocycles. The van der Waals surface area contributed by atoms with Crippen molar-refractivity contribution in [2.24, 2.45) is 0 Å². The number of ketones is 1. The molecule has 3 heteroatoms. The monoisotopic (exact) mass is 306 g/mol. The van der Waals surface area contributed by atoms with E-state index in [1.54, 1.807) is 24.3 Å². The van der Waals surface area contributed by atoms with Crippen molar-refractivity contribution < 1.29 is 4.79 Å². The lowest BCUT2D eigenvalue weighted by Crippen LogP contribution is -2.08. The van der Waals surface area contributed by atoms with E-state index in [0.717, 1.165) is 24.0 Å². The van der Waals surface area contributed by atoms with Crippen LogP contribution in [0.3, 0.4) is 0 Å². The number of rotatable bonds is 4. The molecule has 0 saturated heterocycles. The van der Waals surface area contributed by atoms with Gasteiger partial charge in [0, 0.05) is 21.2 Å². The van der Waals surface area contributed by atoms with Gasteiger partial charge in [-0.2, -0.15) is 0 Å². The minimum Gasteiger partial charge on any atom is -0.289 e. The summed E-state index contributed by atoms with van der Waals surface area (Å²) in [5.74, 6) is 0.0343. The van der Waals surface area contributed by atoms with Crippen LogP contribution in [0.4, 0.5) is 0 Å². The van der Waals surface area contributed by atoms with Crippen LogP contribution >= 0.6 is 23.2 Å². The van der Waals surface area contributed by atoms with E-state index in [1.807, 2.05) is 26.0 Å². The van der Waals surface area contributed by atoms with Gasteiger partial charge in [-0.1, -0.05) is 37.0 Å². The predicted octanol–water partition coefficient (Wildman–Crippen LogP) is 5.35. The highest BCUT2D eigenvalue weighted by atomic mass is 35.5. The molecule has 2 rings (SSSR count). The summed E-state index contributed by atoms with van der Waals surface area (Å²) >= 11 is 12.0. The molecule has 104 valence electrons. The lowest BCUT2D eigenvalue weighted by molar-refractivity contribution is 0.103. The normalized spacial score (nSPS) is 10.6. The number of halogens is 2. The highest BCUT2D eigenvalue weighted by Gasteiger charge is 2.16. The van der Waals surface area contributed by atoms with E-state index >= 15 is 0 Å². The summed E-state index contributed by atoms with van der Waals surface area (Å²) in [6, 6.07) is 10.8. The first kappa shape index (κ1) is 15.1. The van der Waals surface area contributed by atoms with E-state index in [4.69, 9.17) is 23.2 Å². The molecule has 0 aliphatic rings. The lowest BCUT2D eigenvalue weighted by Gasteiger charge is -2.11. The van der Waals surface area contributed by atoms with Crippen molar-refractivity contribution in [3.63, 3.8) is 0 Å². The maximum atomic E-state index is 12.7. The molecule has 0 aromatic heterocycles. The minimum atomic E-state index is 0.0343. The maximum Gasteiger partial charge on any atom is 0.193 e. The summed E-state index contributed by atoms with van der Waals surface area (Å²) in [7, 11) is 0. The Morgan fingerprint density at radius 2 is 1.25 bits per heavy atom. The van der Waals surface area contributed by atoms with Gasteiger partial charge < -0.3 is 0 Å². The maximum absolute atomic E-state index is 12.7. The second-order valence-corrected chi connectivity index (χ2v) is 5.51. The predicted molar refractivity (Wildman–Crippen MR) is 85.1 cm³/mol. The molecule has 0 spiro atoms. The fourth-order valence-electron chi connectivity index (χ4n) is 2.30. The lowest BCUT2D eigenvalue weighted by atomic mass is 9.93. The Hall–Kier alpha value is -1.31. The van der Waals surface area contributed by atoms with Gasteiger partial charge in [0.15, 0.2) is 5.78 Å². The van der Waals surface area contributed by atoms with Gasteiger partial charge in [-0.15, -0.1) is 0 Å². The number of hydrogen-bond donors (Lipinski definition) is 0. The molecule has 0 atom stereocenters. The third-order valence-electron chi connectivity index (χ3n) is 3.39. The van der Waals surface area contributed by atoms with E-state index in [9.17, 15) is 4.79 Å². The van der Waals surface area contributed by atoms with E-state index < -0.39 is 0 Å². The summed E-state index contributed by atoms with van der Waals surface area (Å²) in [5.41, 5.74) is 3.38. The molecule has 0 amide bonds. The molecule has 2 aromatic carbocycles. The van der Waals surface area contributed by atoms with E-state index in [-0.39, 0.29) is 5.78 Å². The van der Waals surface area contributed by atoms with Gasteiger partial charge in [0.1, 0.15) is 0 Å². The summed E-state index contributed by atoms with van der Waals surface area (Å²) in [4.78, 5) is 12.7. The highest BCUT2D eigenvalue weighted by molar-refractivity contribution is 6.31. The van der Waals surface area contributed by atoms with Crippen LogP contribution in [0.2, 0.25) is 10.0 Å². The Kier molecular flexibility index (Phi) is 4.85. The van der Waals surface area contributed by atoms with Gasteiger partial charge in [-0.05, 0) is 60.4 Å². The Balaban J connectivity index is 2.51. The van der Waals surface area contributed by atoms with Gasteiger partial charge in [-0.25, -0.2) is 0 Å². The smallest absolute Gasteiger partial charge is 0.193 e. The molecular formula is C17H16Cl2O. The number of hydrogen-bond acceptors (Lipinski definition) is 1. The van der Waals surface area contributed by atoms with Gasteiger partial charge in [-0.3, -0.25) is 4.79 Å². The molecule has 0 bridgehead atoms. The summed E-state index contributed by atoms with van der Waals surface area (Å²) in [5, 5.41) is 1.32. The quantitative estimate of drug-likeness (QED) is 0.696. The van der Waals surface area contributed by atoms with E-state index in [1.165, 1.54) is 0 Å². The molecular weight excluding hydrogens is 291 g/mol. The molecule has 0 saturated carbocycles. The van der Waals surface area contributed by atoms with E-state index in [2.05, 4.69) is 0 Å². The van der Waals surface area contributed by atoms with Crippen molar-refractivity contribution in [3.8, 4) is 0 Å². The standard InChI is InChI=1S/C17H16Cl2O/c1-3-11-9-13(18)5-7-15(11)17(20)16-8-6-14(19)10-12(16)4-2/h5-10H,3-4H2,1-2H3. The van der Waals surface area contributed by atoms with Gasteiger partial charge in [0.2, 0.25) is 0 Å². The van der Waals surface area contributed by atoms with Crippen LogP contribution in [0.5, 0.6) is 0 Å². The molecule has 0 radical (unpaired) electrons. The van der Waals surface area contributed by atoms with Gasteiger partial charge in [0.05, 0.1) is 0 Å². The van der Waals surface area contributed by atoms with Crippen molar-refractivity contribution in [1.29, 1.82) is 0 Å². The Morgan fingerprint density at radius 1 is 0.850 bits per heavy atom. The first-order chi connectivity index (χ1) is 9.56. The Labute approximate surface area is 129 Å². The minimum absolute atomic E-state index is 0.0343. The molecule has 0 aliphatic carbocycles. The fraction of sp³-hybridized carbons (Fsp3) is 0.235. The third kappa shape index (κ3) is 3.05. The van der Waals surface area contributed by atoms with Crippen LogP contribution in [0.25, 0.3) is 0 Å². The number of aryl methyl sites for hydroxylation is 2. The summed E-state index contributed by atoms with van der Waals surface area (Å²) in [6.07, 6.45) is 1.55. The molecule has 20 heavy (non-hydrogen) atoms. The van der Waals surface area contributed by atoms with Crippen LogP contribution in [-0.2, 0) is 12.8 Å². The highest BCUT2D eigenvalue weighted by Crippen LogP contribution is 2.23. The zero-order valence-corrected chi connectivity index (χ0v) is 13.1. The second kappa shape index (κ2) is 6.43. The number of benzene rings is 2. The molecule has 2 aromatic rings. The van der Waals surface area contributed by atoms with Crippen LogP contribution in [0.1, 0.15) is 40.9 Å². The molecule has 0 unspecified atom stereocenters. The van der Waals surface area contributed by atoms with Gasteiger partial charge in [0.25, 0.3) is 0 Å². The average molecular weight is 307 g/mol. The zero-order chi connectivity index (χ0) is 14.7. The SMILES string of the molecule is CCc1cc(Cl)ccc1C(=O)c1ccc(Cl)cc1CC. The number of carbonyl (C=O) groups is 1.